The summed E-state index contributed by atoms with van der Waals surface area (Å²) in [5.74, 6) is 1.86. The molecule has 0 spiro atoms. The number of imidazole rings is 1. The minimum absolute atomic E-state index is 0.709. The van der Waals surface area contributed by atoms with E-state index in [9.17, 15) is 0 Å². The second-order valence-corrected chi connectivity index (χ2v) is 5.20. The summed E-state index contributed by atoms with van der Waals surface area (Å²) in [5.41, 5.74) is 4.82. The molecular formula is C16H21N3O2. The number of rotatable bonds is 6. The average Bonchev–Trinajstić information content (AvgIpc) is 2.94. The van der Waals surface area contributed by atoms with Gasteiger partial charge in [-0.05, 0) is 30.5 Å². The van der Waals surface area contributed by atoms with E-state index in [1.54, 1.807) is 14.2 Å². The van der Waals surface area contributed by atoms with Crippen LogP contribution in [0.25, 0.3) is 11.3 Å². The van der Waals surface area contributed by atoms with E-state index >= 15 is 0 Å². The zero-order valence-corrected chi connectivity index (χ0v) is 12.5. The number of aryl methyl sites for hydroxylation is 2. The van der Waals surface area contributed by atoms with E-state index in [-0.39, 0.29) is 0 Å². The first-order valence-electron chi connectivity index (χ1n) is 7.26. The molecular weight excluding hydrogens is 266 g/mol. The number of hydrogen-bond acceptors (Lipinski definition) is 4. The average molecular weight is 287 g/mol. The Kier molecular flexibility index (Phi) is 4.22. The fourth-order valence-electron chi connectivity index (χ4n) is 2.71. The SMILES string of the molecule is COCCNCc1nc2c([nH]1)CCc1ccc(OC)cc1-2. The Labute approximate surface area is 124 Å². The Morgan fingerprint density at radius 3 is 3.00 bits per heavy atom. The molecule has 0 radical (unpaired) electrons. The summed E-state index contributed by atoms with van der Waals surface area (Å²) in [6, 6.07) is 6.24. The lowest BCUT2D eigenvalue weighted by atomic mass is 9.92. The summed E-state index contributed by atoms with van der Waals surface area (Å²) in [5, 5.41) is 3.31. The standard InChI is InChI=1S/C16H21N3O2/c1-20-8-7-17-10-15-18-14-6-4-11-3-5-12(21-2)9-13(11)16(14)19-15/h3,5,9,17H,4,6-8,10H2,1-2H3,(H,18,19). The quantitative estimate of drug-likeness (QED) is 0.797. The summed E-state index contributed by atoms with van der Waals surface area (Å²) in [6.07, 6.45) is 2.06. The molecule has 5 heteroatoms. The van der Waals surface area contributed by atoms with Gasteiger partial charge in [0.05, 0.1) is 26.0 Å². The van der Waals surface area contributed by atoms with Crippen LogP contribution < -0.4 is 10.1 Å². The molecule has 112 valence electrons. The number of aromatic amines is 1. The third-order valence-electron chi connectivity index (χ3n) is 3.82. The van der Waals surface area contributed by atoms with Crippen LogP contribution in [0.1, 0.15) is 17.1 Å². The van der Waals surface area contributed by atoms with Gasteiger partial charge in [-0.2, -0.15) is 0 Å². The Morgan fingerprint density at radius 2 is 2.19 bits per heavy atom. The Bertz CT molecular complexity index is 622. The van der Waals surface area contributed by atoms with Crippen molar-refractivity contribution in [3.8, 4) is 17.0 Å². The Hall–Kier alpha value is -1.85. The number of fused-ring (bicyclic) bond motifs is 3. The summed E-state index contributed by atoms with van der Waals surface area (Å²) in [4.78, 5) is 8.18. The summed E-state index contributed by atoms with van der Waals surface area (Å²) in [6.45, 7) is 2.27. The van der Waals surface area contributed by atoms with E-state index in [1.807, 2.05) is 6.07 Å². The van der Waals surface area contributed by atoms with Crippen LogP contribution in [-0.4, -0.2) is 37.3 Å². The zero-order valence-electron chi connectivity index (χ0n) is 12.5. The Morgan fingerprint density at radius 1 is 1.29 bits per heavy atom. The number of benzene rings is 1. The van der Waals surface area contributed by atoms with Crippen molar-refractivity contribution in [1.29, 1.82) is 0 Å². The maximum atomic E-state index is 5.33. The van der Waals surface area contributed by atoms with Gasteiger partial charge in [0.25, 0.3) is 0 Å². The van der Waals surface area contributed by atoms with Crippen molar-refractivity contribution in [2.45, 2.75) is 19.4 Å². The zero-order chi connectivity index (χ0) is 14.7. The van der Waals surface area contributed by atoms with Crippen molar-refractivity contribution in [3.05, 3.63) is 35.3 Å². The highest BCUT2D eigenvalue weighted by Crippen LogP contribution is 2.34. The molecule has 0 amide bonds. The third-order valence-corrected chi connectivity index (χ3v) is 3.82. The first kappa shape index (κ1) is 14.1. The molecule has 21 heavy (non-hydrogen) atoms. The van der Waals surface area contributed by atoms with Gasteiger partial charge in [-0.3, -0.25) is 0 Å². The van der Waals surface area contributed by atoms with Gasteiger partial charge >= 0.3 is 0 Å². The number of methoxy groups -OCH3 is 2. The van der Waals surface area contributed by atoms with Crippen LogP contribution in [0, 0.1) is 0 Å². The van der Waals surface area contributed by atoms with E-state index in [0.717, 1.165) is 43.2 Å². The number of H-pyrrole nitrogens is 1. The summed E-state index contributed by atoms with van der Waals surface area (Å²) in [7, 11) is 3.40. The molecule has 1 heterocycles. The largest absolute Gasteiger partial charge is 0.497 e. The van der Waals surface area contributed by atoms with Gasteiger partial charge in [0.1, 0.15) is 11.6 Å². The molecule has 0 fully saturated rings. The molecule has 2 N–H and O–H groups in total. The Balaban J connectivity index is 1.81. The molecule has 5 nitrogen and oxygen atoms in total. The van der Waals surface area contributed by atoms with Crippen molar-refractivity contribution < 1.29 is 9.47 Å². The molecule has 0 aliphatic heterocycles. The van der Waals surface area contributed by atoms with Gasteiger partial charge in [0.15, 0.2) is 0 Å². The van der Waals surface area contributed by atoms with Gasteiger partial charge in [0, 0.05) is 24.9 Å². The lowest BCUT2D eigenvalue weighted by Gasteiger charge is -2.15. The number of nitrogens with zero attached hydrogens (tertiary/aromatic N) is 1. The van der Waals surface area contributed by atoms with Crippen LogP contribution in [-0.2, 0) is 24.1 Å². The van der Waals surface area contributed by atoms with Crippen molar-refractivity contribution in [1.82, 2.24) is 15.3 Å². The minimum atomic E-state index is 0.709. The molecule has 1 aromatic heterocycles. The van der Waals surface area contributed by atoms with E-state index in [4.69, 9.17) is 14.5 Å². The molecule has 0 saturated carbocycles. The molecule has 3 rings (SSSR count). The molecule has 0 bridgehead atoms. The number of aromatic nitrogens is 2. The van der Waals surface area contributed by atoms with Gasteiger partial charge < -0.3 is 19.8 Å². The number of hydrogen-bond donors (Lipinski definition) is 2. The monoisotopic (exact) mass is 287 g/mol. The van der Waals surface area contributed by atoms with Crippen molar-refractivity contribution >= 4 is 0 Å². The van der Waals surface area contributed by atoms with E-state index in [0.29, 0.717) is 6.61 Å². The predicted molar refractivity (Wildman–Crippen MR) is 81.6 cm³/mol. The topological polar surface area (TPSA) is 59.2 Å². The van der Waals surface area contributed by atoms with Crippen molar-refractivity contribution in [2.75, 3.05) is 27.4 Å². The lowest BCUT2D eigenvalue weighted by Crippen LogP contribution is -2.19. The molecule has 0 unspecified atom stereocenters. The van der Waals surface area contributed by atoms with Crippen LogP contribution >= 0.6 is 0 Å². The summed E-state index contributed by atoms with van der Waals surface area (Å²) < 4.78 is 10.4. The highest BCUT2D eigenvalue weighted by Gasteiger charge is 2.20. The fraction of sp³-hybridized carbons (Fsp3) is 0.438. The van der Waals surface area contributed by atoms with Crippen LogP contribution in [0.5, 0.6) is 5.75 Å². The van der Waals surface area contributed by atoms with Gasteiger partial charge in [-0.1, -0.05) is 6.07 Å². The number of ether oxygens (including phenoxy) is 2. The highest BCUT2D eigenvalue weighted by molar-refractivity contribution is 5.70. The van der Waals surface area contributed by atoms with E-state index < -0.39 is 0 Å². The molecule has 0 atom stereocenters. The summed E-state index contributed by atoms with van der Waals surface area (Å²) >= 11 is 0. The normalized spacial score (nSPS) is 12.9. The minimum Gasteiger partial charge on any atom is -0.497 e. The molecule has 1 aromatic carbocycles. The van der Waals surface area contributed by atoms with Gasteiger partial charge in [-0.25, -0.2) is 4.98 Å². The first-order valence-corrected chi connectivity index (χ1v) is 7.26. The van der Waals surface area contributed by atoms with Crippen LogP contribution in [0.2, 0.25) is 0 Å². The van der Waals surface area contributed by atoms with E-state index in [2.05, 4.69) is 22.4 Å². The number of nitrogens with one attached hydrogen (secondary N) is 2. The predicted octanol–water partition coefficient (Wildman–Crippen LogP) is 1.92. The second-order valence-electron chi connectivity index (χ2n) is 5.20. The fourth-order valence-corrected chi connectivity index (χ4v) is 2.71. The van der Waals surface area contributed by atoms with Crippen LogP contribution in [0.4, 0.5) is 0 Å². The molecule has 1 aliphatic carbocycles. The maximum Gasteiger partial charge on any atom is 0.121 e. The molecule has 2 aromatic rings. The third kappa shape index (κ3) is 2.94. The van der Waals surface area contributed by atoms with E-state index in [1.165, 1.54) is 16.8 Å². The smallest absolute Gasteiger partial charge is 0.121 e. The van der Waals surface area contributed by atoms with Crippen molar-refractivity contribution in [2.24, 2.45) is 0 Å². The highest BCUT2D eigenvalue weighted by atomic mass is 16.5. The van der Waals surface area contributed by atoms with Gasteiger partial charge in [-0.15, -0.1) is 0 Å². The molecule has 1 aliphatic rings. The second kappa shape index (κ2) is 6.28. The van der Waals surface area contributed by atoms with Crippen LogP contribution in [0.15, 0.2) is 18.2 Å². The first-order chi connectivity index (χ1) is 10.3. The lowest BCUT2D eigenvalue weighted by molar-refractivity contribution is 0.199. The van der Waals surface area contributed by atoms with Crippen molar-refractivity contribution in [3.63, 3.8) is 0 Å². The maximum absolute atomic E-state index is 5.33. The van der Waals surface area contributed by atoms with Gasteiger partial charge in [0.2, 0.25) is 0 Å². The van der Waals surface area contributed by atoms with Crippen LogP contribution in [0.3, 0.4) is 0 Å². The molecule has 0 saturated heterocycles.